The molecule has 4 aromatic carbocycles. The standard InChI is InChI=1S/C30H26N2O4/c1-35-27-15-5-3-9-21(27)17-19-29(33)31-25-13-7-12-24-23(25)11-8-14-26(24)32-30(34)20-18-22-10-4-6-16-28(22)36-2/h3-20H,1-2H3,(H,31,33)(H,32,34). The van der Waals surface area contributed by atoms with Gasteiger partial charge in [-0.25, -0.2) is 0 Å². The number of rotatable bonds is 8. The van der Waals surface area contributed by atoms with Gasteiger partial charge in [-0.15, -0.1) is 0 Å². The molecule has 0 spiro atoms. The second-order valence-corrected chi connectivity index (χ2v) is 7.84. The lowest BCUT2D eigenvalue weighted by Gasteiger charge is -2.11. The van der Waals surface area contributed by atoms with Gasteiger partial charge in [-0.1, -0.05) is 60.7 Å². The summed E-state index contributed by atoms with van der Waals surface area (Å²) in [6, 6.07) is 26.0. The molecular formula is C30H26N2O4. The molecule has 0 aliphatic carbocycles. The zero-order valence-electron chi connectivity index (χ0n) is 20.0. The highest BCUT2D eigenvalue weighted by atomic mass is 16.5. The van der Waals surface area contributed by atoms with Crippen molar-refractivity contribution in [3.05, 3.63) is 108 Å². The Morgan fingerprint density at radius 3 is 1.42 bits per heavy atom. The summed E-state index contributed by atoms with van der Waals surface area (Å²) < 4.78 is 10.6. The Balaban J connectivity index is 1.51. The van der Waals surface area contributed by atoms with Crippen LogP contribution >= 0.6 is 0 Å². The lowest BCUT2D eigenvalue weighted by atomic mass is 10.1. The summed E-state index contributed by atoms with van der Waals surface area (Å²) in [7, 11) is 3.18. The fourth-order valence-electron chi connectivity index (χ4n) is 3.82. The molecule has 0 aliphatic rings. The number of nitrogens with one attached hydrogen (secondary N) is 2. The number of para-hydroxylation sites is 2. The third kappa shape index (κ3) is 5.80. The van der Waals surface area contributed by atoms with Gasteiger partial charge in [0.25, 0.3) is 0 Å². The molecule has 0 radical (unpaired) electrons. The van der Waals surface area contributed by atoms with Crippen molar-refractivity contribution < 1.29 is 19.1 Å². The Hall–Kier alpha value is -4.84. The maximum Gasteiger partial charge on any atom is 0.248 e. The van der Waals surface area contributed by atoms with Crippen molar-refractivity contribution in [3.8, 4) is 11.5 Å². The van der Waals surface area contributed by atoms with Crippen molar-refractivity contribution in [1.82, 2.24) is 0 Å². The smallest absolute Gasteiger partial charge is 0.248 e. The van der Waals surface area contributed by atoms with E-state index in [9.17, 15) is 9.59 Å². The van der Waals surface area contributed by atoms with Crippen LogP contribution in [0.5, 0.6) is 11.5 Å². The van der Waals surface area contributed by atoms with E-state index in [1.807, 2.05) is 84.9 Å². The van der Waals surface area contributed by atoms with E-state index in [1.54, 1.807) is 26.4 Å². The predicted molar refractivity (Wildman–Crippen MR) is 145 cm³/mol. The maximum atomic E-state index is 12.6. The molecule has 2 N–H and O–H groups in total. The van der Waals surface area contributed by atoms with Crippen molar-refractivity contribution in [2.75, 3.05) is 24.9 Å². The Kier molecular flexibility index (Phi) is 7.78. The molecule has 0 fully saturated rings. The van der Waals surface area contributed by atoms with Crippen molar-refractivity contribution in [1.29, 1.82) is 0 Å². The highest BCUT2D eigenvalue weighted by Gasteiger charge is 2.09. The third-order valence-electron chi connectivity index (χ3n) is 5.54. The van der Waals surface area contributed by atoms with Gasteiger partial charge in [0.1, 0.15) is 11.5 Å². The monoisotopic (exact) mass is 478 g/mol. The van der Waals surface area contributed by atoms with Gasteiger partial charge in [0.2, 0.25) is 11.8 Å². The molecule has 180 valence electrons. The van der Waals surface area contributed by atoms with Crippen LogP contribution < -0.4 is 20.1 Å². The zero-order valence-corrected chi connectivity index (χ0v) is 20.0. The largest absolute Gasteiger partial charge is 0.496 e. The van der Waals surface area contributed by atoms with Crippen LogP contribution in [0.1, 0.15) is 11.1 Å². The van der Waals surface area contributed by atoms with Crippen LogP contribution in [0, 0.1) is 0 Å². The number of anilines is 2. The number of carbonyl (C=O) groups is 2. The summed E-state index contributed by atoms with van der Waals surface area (Å²) in [5.41, 5.74) is 2.89. The first-order valence-electron chi connectivity index (χ1n) is 11.3. The predicted octanol–water partition coefficient (Wildman–Crippen LogP) is 6.16. The number of carbonyl (C=O) groups excluding carboxylic acids is 2. The fourth-order valence-corrected chi connectivity index (χ4v) is 3.82. The minimum Gasteiger partial charge on any atom is -0.496 e. The summed E-state index contributed by atoms with van der Waals surface area (Å²) >= 11 is 0. The number of ether oxygens (including phenoxy) is 2. The fraction of sp³-hybridized carbons (Fsp3) is 0.0667. The molecule has 4 rings (SSSR count). The van der Waals surface area contributed by atoms with E-state index in [1.165, 1.54) is 12.2 Å². The van der Waals surface area contributed by atoms with Crippen molar-refractivity contribution in [3.63, 3.8) is 0 Å². The SMILES string of the molecule is COc1ccccc1C=CC(=O)Nc1cccc2c(NC(=O)C=Cc3ccccc3OC)cccc12. The molecule has 2 amide bonds. The lowest BCUT2D eigenvalue weighted by Crippen LogP contribution is -2.10. The molecule has 0 aromatic heterocycles. The number of hydrogen-bond acceptors (Lipinski definition) is 4. The first-order valence-corrected chi connectivity index (χ1v) is 11.3. The quantitative estimate of drug-likeness (QED) is 0.297. The minimum absolute atomic E-state index is 0.275. The van der Waals surface area contributed by atoms with Gasteiger partial charge < -0.3 is 20.1 Å². The van der Waals surface area contributed by atoms with Crippen molar-refractivity contribution >= 4 is 46.1 Å². The summed E-state index contributed by atoms with van der Waals surface area (Å²) in [5, 5.41) is 7.47. The molecule has 0 heterocycles. The van der Waals surface area contributed by atoms with Gasteiger partial charge >= 0.3 is 0 Å². The topological polar surface area (TPSA) is 76.7 Å². The van der Waals surface area contributed by atoms with E-state index in [0.29, 0.717) is 22.9 Å². The van der Waals surface area contributed by atoms with Crippen LogP contribution in [0.15, 0.2) is 97.1 Å². The molecule has 0 saturated carbocycles. The molecule has 6 heteroatoms. The van der Waals surface area contributed by atoms with Crippen molar-refractivity contribution in [2.24, 2.45) is 0 Å². The summed E-state index contributed by atoms with van der Waals surface area (Å²) in [5.74, 6) is 0.823. The van der Waals surface area contributed by atoms with E-state index >= 15 is 0 Å². The van der Waals surface area contributed by atoms with Gasteiger partial charge in [-0.3, -0.25) is 9.59 Å². The van der Waals surface area contributed by atoms with E-state index in [-0.39, 0.29) is 11.8 Å². The Morgan fingerprint density at radius 2 is 1.00 bits per heavy atom. The van der Waals surface area contributed by atoms with Crippen LogP contribution in [-0.4, -0.2) is 26.0 Å². The van der Waals surface area contributed by atoms with Crippen molar-refractivity contribution in [2.45, 2.75) is 0 Å². The molecule has 4 aromatic rings. The number of fused-ring (bicyclic) bond motifs is 1. The summed E-state index contributed by atoms with van der Waals surface area (Å²) in [6.07, 6.45) is 6.34. The van der Waals surface area contributed by atoms with Gasteiger partial charge in [-0.05, 0) is 36.4 Å². The number of amides is 2. The van der Waals surface area contributed by atoms with Gasteiger partial charge in [0.15, 0.2) is 0 Å². The zero-order chi connectivity index (χ0) is 25.3. The van der Waals surface area contributed by atoms with E-state index < -0.39 is 0 Å². The summed E-state index contributed by atoms with van der Waals surface area (Å²) in [4.78, 5) is 25.3. The first-order chi connectivity index (χ1) is 17.6. The molecule has 0 saturated heterocycles. The van der Waals surface area contributed by atoms with Gasteiger partial charge in [0.05, 0.1) is 14.2 Å². The Bertz CT molecular complexity index is 1350. The second kappa shape index (κ2) is 11.5. The van der Waals surface area contributed by atoms with Crippen LogP contribution in [0.25, 0.3) is 22.9 Å². The average Bonchev–Trinajstić information content (AvgIpc) is 2.91. The lowest BCUT2D eigenvalue weighted by molar-refractivity contribution is -0.112. The average molecular weight is 479 g/mol. The molecule has 0 atom stereocenters. The Morgan fingerprint density at radius 1 is 0.583 bits per heavy atom. The number of benzene rings is 4. The molecule has 0 aliphatic heterocycles. The van der Waals surface area contributed by atoms with Crippen LogP contribution in [0.2, 0.25) is 0 Å². The number of methoxy groups -OCH3 is 2. The maximum absolute atomic E-state index is 12.6. The van der Waals surface area contributed by atoms with Crippen LogP contribution in [0.4, 0.5) is 11.4 Å². The normalized spacial score (nSPS) is 11.1. The Labute approximate surface area is 209 Å². The second-order valence-electron chi connectivity index (χ2n) is 7.84. The molecule has 36 heavy (non-hydrogen) atoms. The van der Waals surface area contributed by atoms with E-state index in [0.717, 1.165) is 21.9 Å². The van der Waals surface area contributed by atoms with E-state index in [2.05, 4.69) is 10.6 Å². The van der Waals surface area contributed by atoms with Gasteiger partial charge in [0, 0.05) is 45.4 Å². The van der Waals surface area contributed by atoms with Crippen LogP contribution in [0.3, 0.4) is 0 Å². The first kappa shape index (κ1) is 24.3. The molecular weight excluding hydrogens is 452 g/mol. The minimum atomic E-state index is -0.275. The van der Waals surface area contributed by atoms with E-state index in [4.69, 9.17) is 9.47 Å². The highest BCUT2D eigenvalue weighted by molar-refractivity contribution is 6.12. The molecule has 0 bridgehead atoms. The molecule has 6 nitrogen and oxygen atoms in total. The van der Waals surface area contributed by atoms with Crippen LogP contribution in [-0.2, 0) is 9.59 Å². The summed E-state index contributed by atoms with van der Waals surface area (Å²) in [6.45, 7) is 0. The third-order valence-corrected chi connectivity index (χ3v) is 5.54. The molecule has 0 unspecified atom stereocenters. The number of hydrogen-bond donors (Lipinski definition) is 2. The van der Waals surface area contributed by atoms with Gasteiger partial charge in [-0.2, -0.15) is 0 Å². The highest BCUT2D eigenvalue weighted by Crippen LogP contribution is 2.29.